The molecule has 0 radical (unpaired) electrons. The number of nitrogens with one attached hydrogen (secondary N) is 1. The van der Waals surface area contributed by atoms with Crippen LogP contribution in [-0.2, 0) is 9.59 Å². The number of imide groups is 2. The number of carbonyl (C=O) groups excluding carboxylic acids is 3. The van der Waals surface area contributed by atoms with Crippen LogP contribution in [0.1, 0.15) is 16.9 Å². The number of allylic oxidation sites excluding steroid dienone is 2. The normalized spacial score (nSPS) is 16.8. The van der Waals surface area contributed by atoms with Crippen LogP contribution in [0.4, 0.5) is 10.5 Å². The summed E-state index contributed by atoms with van der Waals surface area (Å²) in [6.45, 7) is 3.82. The summed E-state index contributed by atoms with van der Waals surface area (Å²) in [6.07, 6.45) is 6.02. The van der Waals surface area contributed by atoms with Gasteiger partial charge in [0.05, 0.1) is 12.0 Å². The molecule has 1 aliphatic rings. The molecule has 1 saturated heterocycles. The van der Waals surface area contributed by atoms with E-state index in [1.54, 1.807) is 30.3 Å². The lowest BCUT2D eigenvalue weighted by molar-refractivity contribution is -0.122. The molecule has 6 nitrogen and oxygen atoms in total. The van der Waals surface area contributed by atoms with E-state index in [0.717, 1.165) is 16.0 Å². The zero-order chi connectivity index (χ0) is 18.0. The molecule has 0 atom stereocenters. The van der Waals surface area contributed by atoms with Gasteiger partial charge in [-0.2, -0.15) is 0 Å². The van der Waals surface area contributed by atoms with Gasteiger partial charge in [0, 0.05) is 0 Å². The number of carbonyl (C=O) groups is 3. The Morgan fingerprint density at radius 2 is 1.88 bits per heavy atom. The van der Waals surface area contributed by atoms with Crippen molar-refractivity contribution in [1.29, 1.82) is 0 Å². The van der Waals surface area contributed by atoms with Crippen molar-refractivity contribution in [3.63, 3.8) is 0 Å². The first-order valence-corrected chi connectivity index (χ1v) is 7.66. The van der Waals surface area contributed by atoms with E-state index in [-0.39, 0.29) is 5.57 Å². The average Bonchev–Trinajstić information content (AvgIpc) is 3.07. The van der Waals surface area contributed by atoms with Crippen LogP contribution >= 0.6 is 0 Å². The summed E-state index contributed by atoms with van der Waals surface area (Å²) in [5.41, 5.74) is 2.28. The molecule has 0 saturated carbocycles. The maximum atomic E-state index is 12.7. The molecule has 1 aromatic carbocycles. The second-order valence-corrected chi connectivity index (χ2v) is 5.62. The summed E-state index contributed by atoms with van der Waals surface area (Å²) < 4.78 is 5.14. The smallest absolute Gasteiger partial charge is 0.335 e. The molecule has 3 rings (SSSR count). The van der Waals surface area contributed by atoms with Crippen LogP contribution in [0.5, 0.6) is 0 Å². The van der Waals surface area contributed by atoms with E-state index in [2.05, 4.69) is 5.32 Å². The fraction of sp³-hybridized carbons (Fsp3) is 0.105. The topological polar surface area (TPSA) is 79.6 Å². The second kappa shape index (κ2) is 6.60. The summed E-state index contributed by atoms with van der Waals surface area (Å²) >= 11 is 0. The van der Waals surface area contributed by atoms with Gasteiger partial charge in [0.1, 0.15) is 11.3 Å². The molecule has 2 heterocycles. The van der Waals surface area contributed by atoms with Crippen LogP contribution in [-0.4, -0.2) is 17.8 Å². The zero-order valence-electron chi connectivity index (χ0n) is 13.8. The van der Waals surface area contributed by atoms with Gasteiger partial charge in [-0.15, -0.1) is 0 Å². The molecule has 4 amide bonds. The highest BCUT2D eigenvalue weighted by atomic mass is 16.3. The van der Waals surface area contributed by atoms with Gasteiger partial charge in [-0.05, 0) is 61.4 Å². The maximum Gasteiger partial charge on any atom is 0.335 e. The summed E-state index contributed by atoms with van der Waals surface area (Å²) in [5.74, 6) is -0.803. The first-order valence-electron chi connectivity index (χ1n) is 7.66. The SMILES string of the molecule is Cc1ccc(N2C(=O)NC(=O)/C(=C\C=C\c3ccco3)C2=O)cc1C. The Kier molecular flexibility index (Phi) is 4.35. The number of amides is 4. The van der Waals surface area contributed by atoms with E-state index in [1.165, 1.54) is 18.4 Å². The number of furan rings is 1. The van der Waals surface area contributed by atoms with Crippen molar-refractivity contribution in [2.75, 3.05) is 4.90 Å². The maximum absolute atomic E-state index is 12.7. The standard InChI is InChI=1S/C19H16N2O4/c1-12-8-9-14(11-13(12)2)21-18(23)16(17(22)20-19(21)24)7-3-5-15-6-4-10-25-15/h3-11H,1-2H3,(H,20,22,24)/b5-3+,16-7+. The van der Waals surface area contributed by atoms with Crippen molar-refractivity contribution in [2.45, 2.75) is 13.8 Å². The summed E-state index contributed by atoms with van der Waals surface area (Å²) in [5, 5.41) is 2.19. The third-order valence-corrected chi connectivity index (χ3v) is 3.92. The molecule has 1 N–H and O–H groups in total. The number of nitrogens with zero attached hydrogens (tertiary/aromatic N) is 1. The van der Waals surface area contributed by atoms with Crippen LogP contribution in [0.3, 0.4) is 0 Å². The quantitative estimate of drug-likeness (QED) is 0.690. The minimum atomic E-state index is -0.759. The number of urea groups is 1. The number of barbiturate groups is 1. The van der Waals surface area contributed by atoms with E-state index in [9.17, 15) is 14.4 Å². The molecule has 25 heavy (non-hydrogen) atoms. The summed E-state index contributed by atoms with van der Waals surface area (Å²) in [7, 11) is 0. The molecule has 0 bridgehead atoms. The lowest BCUT2D eigenvalue weighted by Gasteiger charge is -2.26. The molecule has 1 fully saturated rings. The molecular formula is C19H16N2O4. The molecule has 1 aliphatic heterocycles. The number of aryl methyl sites for hydroxylation is 2. The van der Waals surface area contributed by atoms with Gasteiger partial charge in [0.15, 0.2) is 0 Å². The van der Waals surface area contributed by atoms with Crippen molar-refractivity contribution in [2.24, 2.45) is 0 Å². The number of anilines is 1. The number of hydrogen-bond donors (Lipinski definition) is 1. The third-order valence-electron chi connectivity index (χ3n) is 3.92. The minimum Gasteiger partial charge on any atom is -0.465 e. The summed E-state index contributed by atoms with van der Waals surface area (Å²) in [4.78, 5) is 37.7. The number of hydrogen-bond acceptors (Lipinski definition) is 4. The Hall–Kier alpha value is -3.41. The van der Waals surface area contributed by atoms with Gasteiger partial charge in [-0.3, -0.25) is 14.9 Å². The monoisotopic (exact) mass is 336 g/mol. The molecule has 0 aliphatic carbocycles. The van der Waals surface area contributed by atoms with Crippen LogP contribution < -0.4 is 10.2 Å². The fourth-order valence-electron chi connectivity index (χ4n) is 2.40. The molecule has 0 unspecified atom stereocenters. The molecule has 2 aromatic rings. The Morgan fingerprint density at radius 1 is 1.08 bits per heavy atom. The molecule has 1 aromatic heterocycles. The zero-order valence-corrected chi connectivity index (χ0v) is 13.8. The average molecular weight is 336 g/mol. The van der Waals surface area contributed by atoms with Gasteiger partial charge < -0.3 is 4.42 Å². The predicted molar refractivity (Wildman–Crippen MR) is 92.8 cm³/mol. The van der Waals surface area contributed by atoms with E-state index >= 15 is 0 Å². The highest BCUT2D eigenvalue weighted by Crippen LogP contribution is 2.23. The highest BCUT2D eigenvalue weighted by Gasteiger charge is 2.36. The molecule has 6 heteroatoms. The predicted octanol–water partition coefficient (Wildman–Crippen LogP) is 3.12. The number of benzene rings is 1. The fourth-order valence-corrected chi connectivity index (χ4v) is 2.40. The van der Waals surface area contributed by atoms with Gasteiger partial charge in [0.25, 0.3) is 11.8 Å². The minimum absolute atomic E-state index is 0.124. The Balaban J connectivity index is 1.92. The van der Waals surface area contributed by atoms with Gasteiger partial charge >= 0.3 is 6.03 Å². The van der Waals surface area contributed by atoms with Crippen LogP contribution in [0, 0.1) is 13.8 Å². The van der Waals surface area contributed by atoms with Crippen LogP contribution in [0.15, 0.2) is 58.7 Å². The van der Waals surface area contributed by atoms with Crippen molar-refractivity contribution in [1.82, 2.24) is 5.32 Å². The van der Waals surface area contributed by atoms with Gasteiger partial charge in [0.2, 0.25) is 0 Å². The van der Waals surface area contributed by atoms with E-state index in [4.69, 9.17) is 4.42 Å². The lowest BCUT2D eigenvalue weighted by Crippen LogP contribution is -2.54. The first-order chi connectivity index (χ1) is 12.0. The van der Waals surface area contributed by atoms with Crippen molar-refractivity contribution in [3.05, 3.63) is 71.2 Å². The van der Waals surface area contributed by atoms with Crippen molar-refractivity contribution < 1.29 is 18.8 Å². The van der Waals surface area contributed by atoms with E-state index < -0.39 is 17.8 Å². The van der Waals surface area contributed by atoms with Gasteiger partial charge in [-0.25, -0.2) is 9.69 Å². The number of rotatable bonds is 3. The molecule has 126 valence electrons. The van der Waals surface area contributed by atoms with Crippen LogP contribution in [0.25, 0.3) is 6.08 Å². The Labute approximate surface area is 144 Å². The van der Waals surface area contributed by atoms with Crippen molar-refractivity contribution >= 4 is 29.6 Å². The van der Waals surface area contributed by atoms with Crippen molar-refractivity contribution in [3.8, 4) is 0 Å². The first kappa shape index (κ1) is 16.4. The van der Waals surface area contributed by atoms with Crippen LogP contribution in [0.2, 0.25) is 0 Å². The Bertz CT molecular complexity index is 908. The second-order valence-electron chi connectivity index (χ2n) is 5.62. The largest absolute Gasteiger partial charge is 0.465 e. The van der Waals surface area contributed by atoms with E-state index in [0.29, 0.717) is 11.4 Å². The molecular weight excluding hydrogens is 320 g/mol. The molecule has 0 spiro atoms. The summed E-state index contributed by atoms with van der Waals surface area (Å²) in [6, 6.07) is 7.94. The Morgan fingerprint density at radius 3 is 2.56 bits per heavy atom. The third kappa shape index (κ3) is 3.28. The lowest BCUT2D eigenvalue weighted by atomic mass is 10.1. The highest BCUT2D eigenvalue weighted by molar-refractivity contribution is 6.37. The van der Waals surface area contributed by atoms with E-state index in [1.807, 2.05) is 19.9 Å². The van der Waals surface area contributed by atoms with Gasteiger partial charge in [-0.1, -0.05) is 12.1 Å².